The maximum atomic E-state index is 13.0. The molecular formula is C49H58O6. The molecule has 2 atom stereocenters. The summed E-state index contributed by atoms with van der Waals surface area (Å²) in [7, 11) is 0. The first kappa shape index (κ1) is 40.0. The third-order valence-corrected chi connectivity index (χ3v) is 11.7. The van der Waals surface area contributed by atoms with Crippen molar-refractivity contribution in [2.24, 2.45) is 5.41 Å². The minimum atomic E-state index is -0.412. The summed E-state index contributed by atoms with van der Waals surface area (Å²) in [6.07, 6.45) is 24.0. The zero-order valence-corrected chi connectivity index (χ0v) is 33.0. The Morgan fingerprint density at radius 3 is 2.25 bits per heavy atom. The quantitative estimate of drug-likeness (QED) is 0.0605. The highest BCUT2D eigenvalue weighted by atomic mass is 16.5. The summed E-state index contributed by atoms with van der Waals surface area (Å²) in [5.41, 5.74) is 7.83. The molecule has 55 heavy (non-hydrogen) atoms. The van der Waals surface area contributed by atoms with Crippen LogP contribution in [0.3, 0.4) is 0 Å². The molecular weight excluding hydrogens is 685 g/mol. The fraction of sp³-hybridized carbons (Fsp3) is 0.429. The van der Waals surface area contributed by atoms with Crippen LogP contribution in [0.15, 0.2) is 102 Å². The zero-order valence-electron chi connectivity index (χ0n) is 33.0. The SMILES string of the molecule is CCCCCCOc1ccc(/C=C/C(=O)O[C@H]2C=C3C(=CC2)CC(C)(C)C32CCc3ccc(OC(=O)/C=C/c4ccc(CCCCCCO)cc4)cc32)cc1. The molecule has 0 amide bonds. The van der Waals surface area contributed by atoms with Crippen LogP contribution in [-0.4, -0.2) is 36.4 Å². The number of aliphatic hydroxyl groups is 1. The van der Waals surface area contributed by atoms with Gasteiger partial charge in [-0.25, -0.2) is 9.59 Å². The molecule has 3 aliphatic rings. The Labute approximate surface area is 328 Å². The van der Waals surface area contributed by atoms with E-state index in [1.165, 1.54) is 59.3 Å². The number of carbonyl (C=O) groups excluding carboxylic acids is 2. The third kappa shape index (κ3) is 9.96. The topological polar surface area (TPSA) is 82.1 Å². The van der Waals surface area contributed by atoms with Crippen molar-refractivity contribution >= 4 is 24.1 Å². The summed E-state index contributed by atoms with van der Waals surface area (Å²) in [6, 6.07) is 22.1. The van der Waals surface area contributed by atoms with Crippen LogP contribution in [0.4, 0.5) is 0 Å². The summed E-state index contributed by atoms with van der Waals surface area (Å²) in [5, 5.41) is 8.96. The molecule has 0 saturated heterocycles. The Bertz CT molecular complexity index is 1890. The van der Waals surface area contributed by atoms with E-state index in [1.807, 2.05) is 42.5 Å². The molecule has 1 N–H and O–H groups in total. The van der Waals surface area contributed by atoms with E-state index in [1.54, 1.807) is 12.2 Å². The van der Waals surface area contributed by atoms with Gasteiger partial charge in [0.15, 0.2) is 0 Å². The smallest absolute Gasteiger partial charge is 0.336 e. The summed E-state index contributed by atoms with van der Waals surface area (Å²) in [5.74, 6) is 0.601. The lowest BCUT2D eigenvalue weighted by atomic mass is 9.62. The summed E-state index contributed by atoms with van der Waals surface area (Å²) < 4.78 is 17.8. The summed E-state index contributed by atoms with van der Waals surface area (Å²) in [4.78, 5) is 26.1. The van der Waals surface area contributed by atoms with Crippen LogP contribution >= 0.6 is 0 Å². The number of esters is 2. The molecule has 0 aliphatic heterocycles. The molecule has 0 aromatic heterocycles. The van der Waals surface area contributed by atoms with Gasteiger partial charge in [0.2, 0.25) is 0 Å². The van der Waals surface area contributed by atoms with Crippen molar-refractivity contribution in [3.63, 3.8) is 0 Å². The molecule has 1 unspecified atom stereocenters. The number of hydrogen-bond acceptors (Lipinski definition) is 6. The van der Waals surface area contributed by atoms with Crippen LogP contribution in [0.25, 0.3) is 12.2 Å². The maximum Gasteiger partial charge on any atom is 0.336 e. The van der Waals surface area contributed by atoms with Crippen LogP contribution in [-0.2, 0) is 32.6 Å². The second kappa shape index (κ2) is 18.8. The van der Waals surface area contributed by atoms with Crippen LogP contribution in [0, 0.1) is 5.41 Å². The van der Waals surface area contributed by atoms with Crippen LogP contribution in [0.2, 0.25) is 0 Å². The minimum Gasteiger partial charge on any atom is -0.494 e. The molecule has 0 bridgehead atoms. The first-order chi connectivity index (χ1) is 26.7. The van der Waals surface area contributed by atoms with E-state index in [-0.39, 0.29) is 29.5 Å². The number of hydrogen-bond donors (Lipinski definition) is 1. The normalized spacial score (nSPS) is 19.7. The summed E-state index contributed by atoms with van der Waals surface area (Å²) >= 11 is 0. The number of rotatable bonds is 18. The third-order valence-electron chi connectivity index (χ3n) is 11.7. The fourth-order valence-corrected chi connectivity index (χ4v) is 8.71. The molecule has 0 heterocycles. The fourth-order valence-electron chi connectivity index (χ4n) is 8.71. The van der Waals surface area contributed by atoms with Gasteiger partial charge >= 0.3 is 11.9 Å². The second-order valence-electron chi connectivity index (χ2n) is 16.0. The number of carbonyl (C=O) groups is 2. The highest BCUT2D eigenvalue weighted by Gasteiger charge is 2.58. The number of ether oxygens (including phenoxy) is 3. The maximum absolute atomic E-state index is 13.0. The summed E-state index contributed by atoms with van der Waals surface area (Å²) in [6.45, 7) is 7.85. The van der Waals surface area contributed by atoms with E-state index in [4.69, 9.17) is 19.3 Å². The van der Waals surface area contributed by atoms with Gasteiger partial charge < -0.3 is 19.3 Å². The van der Waals surface area contributed by atoms with Gasteiger partial charge in [0.1, 0.15) is 17.6 Å². The van der Waals surface area contributed by atoms with Crippen molar-refractivity contribution in [3.8, 4) is 11.5 Å². The van der Waals surface area contributed by atoms with E-state index in [9.17, 15) is 9.59 Å². The first-order valence-corrected chi connectivity index (χ1v) is 20.5. The van der Waals surface area contributed by atoms with Crippen molar-refractivity contribution in [2.75, 3.05) is 13.2 Å². The molecule has 1 spiro atoms. The van der Waals surface area contributed by atoms with Crippen molar-refractivity contribution < 1.29 is 28.9 Å². The standard InChI is InChI=1S/C49H58O6/c1-4-5-6-11-32-53-41-23-17-38(18-24-41)20-28-47(52)55-43-26-22-40-35-48(2,3)49(45(40)34-43)30-29-39-21-25-42(33-44(39)49)54-46(51)27-19-37-15-13-36(14-16-37)12-9-7-8-10-31-50/h13-25,27-28,33-34,43,50H,4-12,26,29-32,35H2,1-3H3/b27-19+,28-20+/t43-,49?/m1/s1. The second-order valence-corrected chi connectivity index (χ2v) is 16.0. The van der Waals surface area contributed by atoms with E-state index in [0.29, 0.717) is 12.2 Å². The Hall–Kier alpha value is -4.68. The molecule has 1 fully saturated rings. The monoisotopic (exact) mass is 742 g/mol. The lowest BCUT2D eigenvalue weighted by Crippen LogP contribution is -2.37. The first-order valence-electron chi connectivity index (χ1n) is 20.5. The van der Waals surface area contributed by atoms with Gasteiger partial charge in [-0.2, -0.15) is 0 Å². The molecule has 1 saturated carbocycles. The van der Waals surface area contributed by atoms with E-state index in [2.05, 4.69) is 57.2 Å². The molecule has 3 aliphatic carbocycles. The van der Waals surface area contributed by atoms with Crippen LogP contribution in [0.5, 0.6) is 11.5 Å². The predicted molar refractivity (Wildman–Crippen MR) is 221 cm³/mol. The van der Waals surface area contributed by atoms with Crippen molar-refractivity contribution in [1.82, 2.24) is 0 Å². The molecule has 6 nitrogen and oxygen atoms in total. The van der Waals surface area contributed by atoms with Gasteiger partial charge in [-0.1, -0.05) is 101 Å². The molecule has 0 radical (unpaired) electrons. The van der Waals surface area contributed by atoms with Gasteiger partial charge in [0, 0.05) is 30.6 Å². The highest BCUT2D eigenvalue weighted by Crippen LogP contribution is 2.65. The molecule has 6 rings (SSSR count). The van der Waals surface area contributed by atoms with E-state index < -0.39 is 5.97 Å². The van der Waals surface area contributed by atoms with E-state index >= 15 is 0 Å². The number of allylic oxidation sites excluding steroid dienone is 2. The predicted octanol–water partition coefficient (Wildman–Crippen LogP) is 10.9. The minimum absolute atomic E-state index is 0.0752. The van der Waals surface area contributed by atoms with Gasteiger partial charge in [0.25, 0.3) is 0 Å². The Morgan fingerprint density at radius 2 is 1.51 bits per heavy atom. The van der Waals surface area contributed by atoms with Crippen molar-refractivity contribution in [1.29, 1.82) is 0 Å². The number of fused-ring (bicyclic) bond motifs is 4. The van der Waals surface area contributed by atoms with Gasteiger partial charge in [-0.05, 0) is 132 Å². The van der Waals surface area contributed by atoms with Gasteiger partial charge in [-0.15, -0.1) is 0 Å². The lowest BCUT2D eigenvalue weighted by molar-refractivity contribution is -0.140. The van der Waals surface area contributed by atoms with Crippen LogP contribution in [0.1, 0.15) is 119 Å². The molecule has 6 heteroatoms. The van der Waals surface area contributed by atoms with Crippen molar-refractivity contribution in [2.45, 2.75) is 116 Å². The largest absolute Gasteiger partial charge is 0.494 e. The van der Waals surface area contributed by atoms with Crippen molar-refractivity contribution in [3.05, 3.63) is 130 Å². The zero-order chi connectivity index (χ0) is 38.7. The van der Waals surface area contributed by atoms with E-state index in [0.717, 1.165) is 81.3 Å². The average Bonchev–Trinajstić information content (AvgIpc) is 3.68. The molecule has 3 aromatic rings. The highest BCUT2D eigenvalue weighted by molar-refractivity contribution is 5.89. The Morgan fingerprint density at radius 1 is 0.818 bits per heavy atom. The van der Waals surface area contributed by atoms with Gasteiger partial charge in [-0.3, -0.25) is 0 Å². The molecule has 290 valence electrons. The Kier molecular flexibility index (Phi) is 13.7. The number of unbranched alkanes of at least 4 members (excludes halogenated alkanes) is 6. The average molecular weight is 743 g/mol. The number of aryl methyl sites for hydroxylation is 2. The van der Waals surface area contributed by atoms with Gasteiger partial charge in [0.05, 0.1) is 6.61 Å². The number of benzene rings is 3. The molecule has 3 aromatic carbocycles. The van der Waals surface area contributed by atoms with Crippen LogP contribution < -0.4 is 9.47 Å². The Balaban J connectivity index is 1.08. The number of aliphatic hydroxyl groups excluding tert-OH is 1. The lowest BCUT2D eigenvalue weighted by Gasteiger charge is -2.41.